The first-order valence-electron chi connectivity index (χ1n) is 10.0. The summed E-state index contributed by atoms with van der Waals surface area (Å²) in [6, 6.07) is 8.13. The molecular formula is C20H33N3O3S. The van der Waals surface area contributed by atoms with E-state index in [9.17, 15) is 8.42 Å². The molecule has 2 N–H and O–H groups in total. The van der Waals surface area contributed by atoms with Gasteiger partial charge in [-0.1, -0.05) is 18.6 Å². The second-order valence-corrected chi connectivity index (χ2v) is 9.97. The Labute approximate surface area is 163 Å². The van der Waals surface area contributed by atoms with Gasteiger partial charge < -0.3 is 15.4 Å². The maximum Gasteiger partial charge on any atom is 0.243 e. The molecule has 1 saturated heterocycles. The number of nitrogens with zero attached hydrogens (tertiary/aromatic N) is 1. The van der Waals surface area contributed by atoms with Gasteiger partial charge >= 0.3 is 0 Å². The topological polar surface area (TPSA) is 70.7 Å². The van der Waals surface area contributed by atoms with Crippen molar-refractivity contribution in [1.82, 2.24) is 14.9 Å². The Morgan fingerprint density at radius 3 is 2.63 bits per heavy atom. The first-order chi connectivity index (χ1) is 12.9. The third kappa shape index (κ3) is 4.90. The Kier molecular flexibility index (Phi) is 6.92. The van der Waals surface area contributed by atoms with E-state index in [1.54, 1.807) is 19.2 Å². The Balaban J connectivity index is 1.58. The fraction of sp³-hybridized carbons (Fsp3) is 0.700. The number of ether oxygens (including phenoxy) is 1. The van der Waals surface area contributed by atoms with Gasteiger partial charge in [-0.25, -0.2) is 8.42 Å². The molecule has 3 rings (SSSR count). The molecule has 6 nitrogen and oxygen atoms in total. The van der Waals surface area contributed by atoms with Gasteiger partial charge in [-0.15, -0.1) is 0 Å². The Bertz CT molecular complexity index is 700. The predicted octanol–water partition coefficient (Wildman–Crippen LogP) is 1.96. The minimum Gasteiger partial charge on any atom is -0.379 e. The van der Waals surface area contributed by atoms with Crippen LogP contribution in [0.4, 0.5) is 0 Å². The molecule has 2 aliphatic rings. The van der Waals surface area contributed by atoms with Gasteiger partial charge in [0.2, 0.25) is 10.0 Å². The first-order valence-corrected chi connectivity index (χ1v) is 11.4. The van der Waals surface area contributed by atoms with Crippen LogP contribution in [0.3, 0.4) is 0 Å². The average Bonchev–Trinajstić information content (AvgIpc) is 3.15. The SMILES string of the molecule is CC(C)N(C)S(=O)(=O)c1ccc(CNC2CCCC2C2COCCN2)cc1. The van der Waals surface area contributed by atoms with E-state index >= 15 is 0 Å². The van der Waals surface area contributed by atoms with Crippen LogP contribution in [0.25, 0.3) is 0 Å². The fourth-order valence-corrected chi connectivity index (χ4v) is 5.42. The molecule has 0 aromatic heterocycles. The lowest BCUT2D eigenvalue weighted by Gasteiger charge is -2.33. The Morgan fingerprint density at radius 2 is 2.00 bits per heavy atom. The van der Waals surface area contributed by atoms with E-state index < -0.39 is 10.0 Å². The summed E-state index contributed by atoms with van der Waals surface area (Å²) in [7, 11) is -1.79. The quantitative estimate of drug-likeness (QED) is 0.739. The van der Waals surface area contributed by atoms with Crippen LogP contribution in [0.1, 0.15) is 38.7 Å². The molecule has 152 valence electrons. The lowest BCUT2D eigenvalue weighted by atomic mass is 9.94. The molecule has 7 heteroatoms. The number of morpholine rings is 1. The largest absolute Gasteiger partial charge is 0.379 e. The number of rotatable bonds is 7. The smallest absolute Gasteiger partial charge is 0.243 e. The van der Waals surface area contributed by atoms with Crippen molar-refractivity contribution in [2.75, 3.05) is 26.8 Å². The standard InChI is InChI=1S/C20H33N3O3S/c1-15(2)23(3)27(24,25)17-9-7-16(8-10-17)13-22-19-6-4-5-18(19)20-14-26-12-11-21-20/h7-10,15,18-22H,4-6,11-14H2,1-3H3. The van der Waals surface area contributed by atoms with Gasteiger partial charge in [0.1, 0.15) is 0 Å². The Hall–Kier alpha value is -0.990. The van der Waals surface area contributed by atoms with Crippen LogP contribution in [0.5, 0.6) is 0 Å². The molecule has 1 heterocycles. The summed E-state index contributed by atoms with van der Waals surface area (Å²) < 4.78 is 32.2. The van der Waals surface area contributed by atoms with Crippen molar-refractivity contribution in [2.45, 2.75) is 62.7 Å². The van der Waals surface area contributed by atoms with E-state index in [0.29, 0.717) is 22.9 Å². The summed E-state index contributed by atoms with van der Waals surface area (Å²) >= 11 is 0. The van der Waals surface area contributed by atoms with E-state index in [4.69, 9.17) is 4.74 Å². The lowest BCUT2D eigenvalue weighted by molar-refractivity contribution is 0.0524. The summed E-state index contributed by atoms with van der Waals surface area (Å²) in [5.41, 5.74) is 1.11. The molecule has 0 amide bonds. The molecule has 0 radical (unpaired) electrons. The van der Waals surface area contributed by atoms with E-state index in [0.717, 1.165) is 31.9 Å². The van der Waals surface area contributed by atoms with Crippen molar-refractivity contribution < 1.29 is 13.2 Å². The molecule has 1 aliphatic heterocycles. The third-order valence-electron chi connectivity index (χ3n) is 5.93. The van der Waals surface area contributed by atoms with Gasteiger partial charge in [0.05, 0.1) is 18.1 Å². The fourth-order valence-electron chi connectivity index (χ4n) is 4.06. The highest BCUT2D eigenvalue weighted by Gasteiger charge is 2.34. The van der Waals surface area contributed by atoms with Gasteiger partial charge in [0, 0.05) is 38.3 Å². The summed E-state index contributed by atoms with van der Waals surface area (Å²) in [5.74, 6) is 0.602. The number of nitrogens with one attached hydrogen (secondary N) is 2. The molecule has 27 heavy (non-hydrogen) atoms. The molecular weight excluding hydrogens is 362 g/mol. The van der Waals surface area contributed by atoms with Crippen LogP contribution >= 0.6 is 0 Å². The maximum absolute atomic E-state index is 12.6. The summed E-state index contributed by atoms with van der Waals surface area (Å²) in [5, 5.41) is 7.29. The molecule has 2 fully saturated rings. The summed E-state index contributed by atoms with van der Waals surface area (Å²) in [6.07, 6.45) is 3.67. The molecule has 1 saturated carbocycles. The monoisotopic (exact) mass is 395 g/mol. The highest BCUT2D eigenvalue weighted by Crippen LogP contribution is 2.29. The zero-order valence-electron chi connectivity index (χ0n) is 16.6. The summed E-state index contributed by atoms with van der Waals surface area (Å²) in [6.45, 7) is 7.06. The molecule has 1 aliphatic carbocycles. The normalized spacial score (nSPS) is 26.8. The number of hydrogen-bond acceptors (Lipinski definition) is 5. The second-order valence-electron chi connectivity index (χ2n) is 7.98. The summed E-state index contributed by atoms with van der Waals surface area (Å²) in [4.78, 5) is 0.352. The highest BCUT2D eigenvalue weighted by molar-refractivity contribution is 7.89. The van der Waals surface area contributed by atoms with E-state index in [1.165, 1.54) is 23.6 Å². The third-order valence-corrected chi connectivity index (χ3v) is 7.98. The van der Waals surface area contributed by atoms with Crippen molar-refractivity contribution in [2.24, 2.45) is 5.92 Å². The van der Waals surface area contributed by atoms with Crippen molar-refractivity contribution in [3.05, 3.63) is 29.8 Å². The number of benzene rings is 1. The van der Waals surface area contributed by atoms with Gasteiger partial charge in [0.25, 0.3) is 0 Å². The van der Waals surface area contributed by atoms with Crippen LogP contribution in [0.15, 0.2) is 29.2 Å². The number of hydrogen-bond donors (Lipinski definition) is 2. The highest BCUT2D eigenvalue weighted by atomic mass is 32.2. The van der Waals surface area contributed by atoms with Crippen LogP contribution in [0.2, 0.25) is 0 Å². The number of sulfonamides is 1. The predicted molar refractivity (Wildman–Crippen MR) is 107 cm³/mol. The Morgan fingerprint density at radius 1 is 1.26 bits per heavy atom. The van der Waals surface area contributed by atoms with Gasteiger partial charge in [-0.2, -0.15) is 4.31 Å². The van der Waals surface area contributed by atoms with Crippen LogP contribution in [-0.4, -0.2) is 57.7 Å². The van der Waals surface area contributed by atoms with Crippen molar-refractivity contribution in [1.29, 1.82) is 0 Å². The van der Waals surface area contributed by atoms with Crippen LogP contribution < -0.4 is 10.6 Å². The maximum atomic E-state index is 12.6. The van der Waals surface area contributed by atoms with Gasteiger partial charge in [-0.3, -0.25) is 0 Å². The second kappa shape index (κ2) is 9.01. The van der Waals surface area contributed by atoms with Crippen molar-refractivity contribution >= 4 is 10.0 Å². The van der Waals surface area contributed by atoms with E-state index in [2.05, 4.69) is 10.6 Å². The molecule has 1 aromatic carbocycles. The lowest BCUT2D eigenvalue weighted by Crippen LogP contribution is -2.50. The molecule has 3 atom stereocenters. The van der Waals surface area contributed by atoms with Gasteiger partial charge in [-0.05, 0) is 50.3 Å². The zero-order valence-corrected chi connectivity index (χ0v) is 17.5. The molecule has 1 aromatic rings. The zero-order chi connectivity index (χ0) is 19.4. The van der Waals surface area contributed by atoms with Crippen LogP contribution in [0, 0.1) is 5.92 Å². The van der Waals surface area contributed by atoms with Crippen molar-refractivity contribution in [3.63, 3.8) is 0 Å². The van der Waals surface area contributed by atoms with Gasteiger partial charge in [0.15, 0.2) is 0 Å². The first kappa shape index (κ1) is 20.7. The van der Waals surface area contributed by atoms with E-state index in [-0.39, 0.29) is 6.04 Å². The average molecular weight is 396 g/mol. The van der Waals surface area contributed by atoms with Crippen molar-refractivity contribution in [3.8, 4) is 0 Å². The minimum absolute atomic E-state index is 0.0620. The molecule has 0 spiro atoms. The molecule has 0 bridgehead atoms. The minimum atomic E-state index is -3.42. The van der Waals surface area contributed by atoms with Crippen LogP contribution in [-0.2, 0) is 21.3 Å². The van der Waals surface area contributed by atoms with E-state index in [1.807, 2.05) is 26.0 Å². The molecule has 3 unspecified atom stereocenters.